The van der Waals surface area contributed by atoms with Gasteiger partial charge in [0.25, 0.3) is 0 Å². The summed E-state index contributed by atoms with van der Waals surface area (Å²) >= 11 is 5.96. The zero-order valence-electron chi connectivity index (χ0n) is 13.0. The highest BCUT2D eigenvalue weighted by atomic mass is 35.5. The van der Waals surface area contributed by atoms with Gasteiger partial charge in [-0.2, -0.15) is 0 Å². The van der Waals surface area contributed by atoms with E-state index >= 15 is 0 Å². The number of benzene rings is 2. The Balaban J connectivity index is 2.12. The molecular formula is C18H17ClO5. The summed E-state index contributed by atoms with van der Waals surface area (Å²) in [6.45, 7) is 1.93. The van der Waals surface area contributed by atoms with Crippen molar-refractivity contribution >= 4 is 17.4 Å². The summed E-state index contributed by atoms with van der Waals surface area (Å²) in [5.74, 6) is -0.696. The van der Waals surface area contributed by atoms with E-state index in [-0.39, 0.29) is 40.0 Å². The maximum absolute atomic E-state index is 12.5. The number of Topliss-reactive ketones (excluding diaryl/α,β-unsaturated/α-hetero) is 1. The maximum Gasteiger partial charge on any atom is 0.174 e. The molecule has 5 nitrogen and oxygen atoms in total. The lowest BCUT2D eigenvalue weighted by atomic mass is 9.92. The Hall–Kier alpha value is -2.40. The number of rotatable bonds is 3. The molecule has 1 atom stereocenters. The van der Waals surface area contributed by atoms with Crippen molar-refractivity contribution in [3.63, 3.8) is 0 Å². The number of hydrogen-bond donors (Lipinski definition) is 3. The van der Waals surface area contributed by atoms with E-state index in [1.165, 1.54) is 12.1 Å². The molecule has 24 heavy (non-hydrogen) atoms. The van der Waals surface area contributed by atoms with Crippen LogP contribution in [0.2, 0.25) is 5.02 Å². The van der Waals surface area contributed by atoms with Crippen molar-refractivity contribution in [3.8, 4) is 23.0 Å². The molecule has 1 heterocycles. The molecule has 0 aromatic heterocycles. The lowest BCUT2D eigenvalue weighted by Gasteiger charge is -2.29. The average Bonchev–Trinajstić information content (AvgIpc) is 2.56. The Bertz CT molecular complexity index is 798. The summed E-state index contributed by atoms with van der Waals surface area (Å²) in [7, 11) is 0. The van der Waals surface area contributed by atoms with Crippen molar-refractivity contribution < 1.29 is 24.9 Å². The molecule has 1 aliphatic rings. The van der Waals surface area contributed by atoms with Gasteiger partial charge >= 0.3 is 0 Å². The van der Waals surface area contributed by atoms with Crippen molar-refractivity contribution in [3.05, 3.63) is 46.0 Å². The predicted molar refractivity (Wildman–Crippen MR) is 89.2 cm³/mol. The van der Waals surface area contributed by atoms with Gasteiger partial charge in [0.1, 0.15) is 33.9 Å². The number of carbonyl (C=O) groups is 1. The number of ether oxygens (including phenoxy) is 1. The highest BCUT2D eigenvalue weighted by molar-refractivity contribution is 6.34. The molecular weight excluding hydrogens is 332 g/mol. The van der Waals surface area contributed by atoms with Gasteiger partial charge in [-0.15, -0.1) is 0 Å². The van der Waals surface area contributed by atoms with Crippen LogP contribution in [-0.4, -0.2) is 21.1 Å². The zero-order valence-corrected chi connectivity index (χ0v) is 13.8. The Morgan fingerprint density at radius 3 is 2.46 bits per heavy atom. The summed E-state index contributed by atoms with van der Waals surface area (Å²) in [4.78, 5) is 12.5. The zero-order chi connectivity index (χ0) is 17.4. The molecule has 126 valence electrons. The van der Waals surface area contributed by atoms with E-state index in [4.69, 9.17) is 16.3 Å². The number of halogens is 1. The lowest BCUT2D eigenvalue weighted by molar-refractivity contribution is 0.0842. The normalized spacial score (nSPS) is 16.6. The molecule has 2 aromatic carbocycles. The second-order valence-corrected chi connectivity index (χ2v) is 6.15. The topological polar surface area (TPSA) is 87.0 Å². The molecule has 0 amide bonds. The van der Waals surface area contributed by atoms with Crippen LogP contribution in [0.25, 0.3) is 0 Å². The smallest absolute Gasteiger partial charge is 0.174 e. The second kappa shape index (κ2) is 6.24. The molecule has 0 saturated carbocycles. The lowest BCUT2D eigenvalue weighted by Crippen LogP contribution is -2.22. The Morgan fingerprint density at radius 2 is 1.83 bits per heavy atom. The number of aromatic hydroxyl groups is 3. The van der Waals surface area contributed by atoms with Crippen molar-refractivity contribution in [2.24, 2.45) is 0 Å². The van der Waals surface area contributed by atoms with Crippen LogP contribution in [-0.2, 0) is 6.42 Å². The van der Waals surface area contributed by atoms with Crippen LogP contribution in [0.3, 0.4) is 0 Å². The van der Waals surface area contributed by atoms with E-state index in [1.807, 2.05) is 6.92 Å². The van der Waals surface area contributed by atoms with E-state index < -0.39 is 11.9 Å². The van der Waals surface area contributed by atoms with Crippen LogP contribution in [0.5, 0.6) is 23.0 Å². The minimum atomic E-state index is -0.554. The summed E-state index contributed by atoms with van der Waals surface area (Å²) in [5, 5.41) is 29.6. The third-order valence-corrected chi connectivity index (χ3v) is 4.47. The highest BCUT2D eigenvalue weighted by Gasteiger charge is 2.35. The first-order valence-corrected chi connectivity index (χ1v) is 8.06. The van der Waals surface area contributed by atoms with Crippen LogP contribution < -0.4 is 4.74 Å². The van der Waals surface area contributed by atoms with Gasteiger partial charge in [0.15, 0.2) is 11.5 Å². The minimum absolute atomic E-state index is 0.0243. The quantitative estimate of drug-likeness (QED) is 0.776. The fourth-order valence-electron chi connectivity index (χ4n) is 2.92. The predicted octanol–water partition coefficient (Wildman–Crippen LogP) is 4.12. The molecule has 0 aliphatic carbocycles. The molecule has 0 spiro atoms. The summed E-state index contributed by atoms with van der Waals surface area (Å²) in [6, 6.07) is 6.38. The highest BCUT2D eigenvalue weighted by Crippen LogP contribution is 2.50. The van der Waals surface area contributed by atoms with Crippen LogP contribution in [0.15, 0.2) is 24.3 Å². The molecule has 0 saturated heterocycles. The summed E-state index contributed by atoms with van der Waals surface area (Å²) in [6.07, 6.45) is 0.658. The first-order chi connectivity index (χ1) is 11.4. The van der Waals surface area contributed by atoms with Gasteiger partial charge in [-0.1, -0.05) is 37.1 Å². The van der Waals surface area contributed by atoms with Crippen LogP contribution in [0, 0.1) is 0 Å². The van der Waals surface area contributed by atoms with Gasteiger partial charge < -0.3 is 20.1 Å². The second-order valence-electron chi connectivity index (χ2n) is 5.77. The van der Waals surface area contributed by atoms with Crippen LogP contribution >= 0.6 is 11.6 Å². The molecule has 2 aromatic rings. The number of phenols is 3. The number of carbonyl (C=O) groups excluding carboxylic acids is 1. The number of hydrogen-bond acceptors (Lipinski definition) is 5. The first kappa shape index (κ1) is 16.5. The third kappa shape index (κ3) is 2.65. The van der Waals surface area contributed by atoms with Crippen LogP contribution in [0.1, 0.15) is 47.4 Å². The number of ketones is 1. The minimum Gasteiger partial charge on any atom is -0.508 e. The van der Waals surface area contributed by atoms with Crippen molar-refractivity contribution in [2.45, 2.75) is 32.3 Å². The molecule has 6 heteroatoms. The molecule has 1 unspecified atom stereocenters. The van der Waals surface area contributed by atoms with E-state index in [0.29, 0.717) is 18.4 Å². The Morgan fingerprint density at radius 1 is 1.17 bits per heavy atom. The van der Waals surface area contributed by atoms with Crippen molar-refractivity contribution in [2.75, 3.05) is 0 Å². The Kier molecular flexibility index (Phi) is 4.28. The molecule has 1 aliphatic heterocycles. The van der Waals surface area contributed by atoms with Crippen LogP contribution in [0.4, 0.5) is 0 Å². The van der Waals surface area contributed by atoms with Gasteiger partial charge in [-0.25, -0.2) is 0 Å². The van der Waals surface area contributed by atoms with E-state index in [1.54, 1.807) is 12.1 Å². The summed E-state index contributed by atoms with van der Waals surface area (Å²) in [5.41, 5.74) is 1.17. The van der Waals surface area contributed by atoms with Gasteiger partial charge in [-0.3, -0.25) is 4.79 Å². The van der Waals surface area contributed by atoms with E-state index in [2.05, 4.69) is 0 Å². The Labute approximate surface area is 144 Å². The van der Waals surface area contributed by atoms with Crippen molar-refractivity contribution in [1.29, 1.82) is 0 Å². The fourth-order valence-corrected chi connectivity index (χ4v) is 3.13. The van der Waals surface area contributed by atoms with Gasteiger partial charge in [0.2, 0.25) is 0 Å². The standard InChI is InChI=1S/C18H17ClO5/c1-2-3-11-16(22)15(19)17(23)14-12(21)8-13(24-18(11)14)9-4-6-10(20)7-5-9/h4-7,13,20,22-23H,2-3,8H2,1H3. The monoisotopic (exact) mass is 348 g/mol. The average molecular weight is 349 g/mol. The van der Waals surface area contributed by atoms with Gasteiger partial charge in [0.05, 0.1) is 6.42 Å². The summed E-state index contributed by atoms with van der Waals surface area (Å²) < 4.78 is 5.95. The van der Waals surface area contributed by atoms with Gasteiger partial charge in [-0.05, 0) is 24.1 Å². The molecule has 0 fully saturated rings. The molecule has 3 N–H and O–H groups in total. The molecule has 0 radical (unpaired) electrons. The van der Waals surface area contributed by atoms with Crippen molar-refractivity contribution in [1.82, 2.24) is 0 Å². The third-order valence-electron chi connectivity index (χ3n) is 4.11. The fraction of sp³-hybridized carbons (Fsp3) is 0.278. The SMILES string of the molecule is CCCc1c(O)c(Cl)c(O)c2c1OC(c1ccc(O)cc1)CC2=O. The number of fused-ring (bicyclic) bond motifs is 1. The molecule has 0 bridgehead atoms. The van der Waals surface area contributed by atoms with E-state index in [0.717, 1.165) is 5.56 Å². The number of phenolic OH excluding ortho intramolecular Hbond substituents is 3. The largest absolute Gasteiger partial charge is 0.508 e. The maximum atomic E-state index is 12.5. The molecule has 3 rings (SSSR count). The van der Waals surface area contributed by atoms with Gasteiger partial charge in [0, 0.05) is 5.56 Å². The van der Waals surface area contributed by atoms with E-state index in [9.17, 15) is 20.1 Å². The first-order valence-electron chi connectivity index (χ1n) is 7.69.